The van der Waals surface area contributed by atoms with Crippen molar-refractivity contribution in [3.63, 3.8) is 0 Å². The van der Waals surface area contributed by atoms with Gasteiger partial charge >= 0.3 is 0 Å². The van der Waals surface area contributed by atoms with Crippen LogP contribution in [0, 0.1) is 11.3 Å². The van der Waals surface area contributed by atoms with Crippen molar-refractivity contribution >= 4 is 11.8 Å². The van der Waals surface area contributed by atoms with E-state index in [4.69, 9.17) is 5.26 Å². The van der Waals surface area contributed by atoms with Crippen LogP contribution in [0.5, 0.6) is 0 Å². The van der Waals surface area contributed by atoms with Crippen LogP contribution in [0.4, 0.5) is 0 Å². The lowest BCUT2D eigenvalue weighted by atomic mass is 10.2. The normalized spacial score (nSPS) is 12.1. The van der Waals surface area contributed by atoms with Crippen molar-refractivity contribution in [2.24, 2.45) is 0 Å². The summed E-state index contributed by atoms with van der Waals surface area (Å²) >= 11 is 1.44. The van der Waals surface area contributed by atoms with Gasteiger partial charge < -0.3 is 4.57 Å². The van der Waals surface area contributed by atoms with Gasteiger partial charge in [-0.05, 0) is 13.8 Å². The van der Waals surface area contributed by atoms with E-state index in [9.17, 15) is 0 Å². The van der Waals surface area contributed by atoms with Crippen LogP contribution >= 0.6 is 11.8 Å². The zero-order valence-electron chi connectivity index (χ0n) is 10.4. The van der Waals surface area contributed by atoms with Gasteiger partial charge in [0.15, 0.2) is 11.0 Å². The summed E-state index contributed by atoms with van der Waals surface area (Å²) in [7, 11) is 0. The molecule has 4 nitrogen and oxygen atoms in total. The van der Waals surface area contributed by atoms with Crippen molar-refractivity contribution in [2.75, 3.05) is 0 Å². The van der Waals surface area contributed by atoms with E-state index in [1.807, 2.05) is 41.8 Å². The molecule has 5 heteroatoms. The number of aromatic nitrogens is 3. The fourth-order valence-corrected chi connectivity index (χ4v) is 2.45. The Morgan fingerprint density at radius 3 is 2.67 bits per heavy atom. The Morgan fingerprint density at radius 1 is 1.33 bits per heavy atom. The number of nitrogens with zero attached hydrogens (tertiary/aromatic N) is 4. The van der Waals surface area contributed by atoms with Crippen LogP contribution in [-0.2, 0) is 6.54 Å². The molecular weight excluding hydrogens is 244 g/mol. The average Bonchev–Trinajstić information content (AvgIpc) is 2.82. The number of hydrogen-bond donors (Lipinski definition) is 0. The molecule has 1 aromatic carbocycles. The van der Waals surface area contributed by atoms with Crippen LogP contribution in [0.15, 0.2) is 35.5 Å². The van der Waals surface area contributed by atoms with Crippen molar-refractivity contribution < 1.29 is 0 Å². The van der Waals surface area contributed by atoms with Gasteiger partial charge in [-0.2, -0.15) is 5.26 Å². The summed E-state index contributed by atoms with van der Waals surface area (Å²) in [5.41, 5.74) is 1.04. The predicted octanol–water partition coefficient (Wildman–Crippen LogP) is 2.97. The molecule has 0 spiro atoms. The highest BCUT2D eigenvalue weighted by Crippen LogP contribution is 2.26. The molecule has 0 bridgehead atoms. The van der Waals surface area contributed by atoms with Crippen molar-refractivity contribution in [3.8, 4) is 17.5 Å². The van der Waals surface area contributed by atoms with Gasteiger partial charge in [0, 0.05) is 12.1 Å². The summed E-state index contributed by atoms with van der Waals surface area (Å²) in [5, 5.41) is 17.9. The fraction of sp³-hybridized carbons (Fsp3) is 0.308. The highest BCUT2D eigenvalue weighted by Gasteiger charge is 2.15. The van der Waals surface area contributed by atoms with E-state index >= 15 is 0 Å². The van der Waals surface area contributed by atoms with Crippen LogP contribution in [0.2, 0.25) is 0 Å². The third-order valence-corrected chi connectivity index (χ3v) is 3.50. The molecule has 0 aliphatic rings. The molecule has 0 saturated heterocycles. The first-order valence-electron chi connectivity index (χ1n) is 5.81. The maximum absolute atomic E-state index is 8.86. The predicted molar refractivity (Wildman–Crippen MR) is 72.1 cm³/mol. The summed E-state index contributed by atoms with van der Waals surface area (Å²) in [4.78, 5) is 0. The van der Waals surface area contributed by atoms with E-state index in [-0.39, 0.29) is 5.25 Å². The third kappa shape index (κ3) is 2.54. The Bertz CT molecular complexity index is 556. The van der Waals surface area contributed by atoms with Crippen LogP contribution in [0.3, 0.4) is 0 Å². The number of nitriles is 1. The van der Waals surface area contributed by atoms with Gasteiger partial charge in [-0.3, -0.25) is 0 Å². The minimum Gasteiger partial charge on any atom is -0.302 e. The lowest BCUT2D eigenvalue weighted by Crippen LogP contribution is -2.02. The van der Waals surface area contributed by atoms with Crippen LogP contribution in [0.1, 0.15) is 13.8 Å². The number of thioether (sulfide) groups is 1. The van der Waals surface area contributed by atoms with Crippen molar-refractivity contribution in [1.82, 2.24) is 14.8 Å². The summed E-state index contributed by atoms with van der Waals surface area (Å²) in [5.74, 6) is 0.853. The zero-order valence-corrected chi connectivity index (χ0v) is 11.2. The molecule has 0 fully saturated rings. The van der Waals surface area contributed by atoms with E-state index in [0.717, 1.165) is 23.1 Å². The Morgan fingerprint density at radius 2 is 2.06 bits per heavy atom. The van der Waals surface area contributed by atoms with Gasteiger partial charge in [-0.15, -0.1) is 10.2 Å². The second-order valence-electron chi connectivity index (χ2n) is 3.81. The lowest BCUT2D eigenvalue weighted by Gasteiger charge is -2.07. The van der Waals surface area contributed by atoms with Gasteiger partial charge in [0.25, 0.3) is 0 Å². The minimum absolute atomic E-state index is 0.122. The largest absolute Gasteiger partial charge is 0.302 e. The molecule has 0 unspecified atom stereocenters. The molecule has 18 heavy (non-hydrogen) atoms. The monoisotopic (exact) mass is 258 g/mol. The van der Waals surface area contributed by atoms with Crippen molar-refractivity contribution in [3.05, 3.63) is 30.3 Å². The second-order valence-corrected chi connectivity index (χ2v) is 5.11. The first-order valence-corrected chi connectivity index (χ1v) is 6.69. The average molecular weight is 258 g/mol. The number of hydrogen-bond acceptors (Lipinski definition) is 4. The Labute approximate surface area is 111 Å². The molecule has 1 atom stereocenters. The third-order valence-electron chi connectivity index (χ3n) is 2.53. The maximum Gasteiger partial charge on any atom is 0.192 e. The van der Waals surface area contributed by atoms with E-state index < -0.39 is 0 Å². The van der Waals surface area contributed by atoms with Gasteiger partial charge in [-0.25, -0.2) is 0 Å². The minimum atomic E-state index is -0.122. The molecule has 0 N–H and O–H groups in total. The summed E-state index contributed by atoms with van der Waals surface area (Å²) in [6.07, 6.45) is 0. The molecular formula is C13H14N4S. The van der Waals surface area contributed by atoms with Crippen LogP contribution in [-0.4, -0.2) is 20.0 Å². The first-order chi connectivity index (χ1) is 8.76. The highest BCUT2D eigenvalue weighted by molar-refractivity contribution is 8.00. The first kappa shape index (κ1) is 12.7. The topological polar surface area (TPSA) is 54.5 Å². The quantitative estimate of drug-likeness (QED) is 0.791. The van der Waals surface area contributed by atoms with E-state index in [1.54, 1.807) is 0 Å². The molecule has 2 rings (SSSR count). The zero-order chi connectivity index (χ0) is 13.0. The molecule has 0 aliphatic heterocycles. The smallest absolute Gasteiger partial charge is 0.192 e. The molecule has 1 heterocycles. The summed E-state index contributed by atoms with van der Waals surface area (Å²) in [6, 6.07) is 12.2. The Kier molecular flexibility index (Phi) is 4.00. The molecule has 92 valence electrons. The second kappa shape index (κ2) is 5.69. The van der Waals surface area contributed by atoms with E-state index in [2.05, 4.69) is 23.2 Å². The fourth-order valence-electron chi connectivity index (χ4n) is 1.65. The molecule has 2 aromatic rings. The molecule has 0 radical (unpaired) electrons. The van der Waals surface area contributed by atoms with Crippen LogP contribution < -0.4 is 0 Å². The summed E-state index contributed by atoms with van der Waals surface area (Å²) in [6.45, 7) is 4.70. The summed E-state index contributed by atoms with van der Waals surface area (Å²) < 4.78 is 2.04. The number of rotatable bonds is 4. The van der Waals surface area contributed by atoms with Gasteiger partial charge in [-0.1, -0.05) is 42.1 Å². The molecule has 0 aliphatic carbocycles. The van der Waals surface area contributed by atoms with E-state index in [1.165, 1.54) is 11.8 Å². The standard InChI is InChI=1S/C13H14N4S/c1-3-17-12(11-7-5-4-6-8-11)15-16-13(17)18-10(2)9-14/h4-8,10H,3H2,1-2H3/t10-/m0/s1. The van der Waals surface area contributed by atoms with Crippen LogP contribution in [0.25, 0.3) is 11.4 Å². The van der Waals surface area contributed by atoms with Gasteiger partial charge in [0.2, 0.25) is 0 Å². The molecule has 0 saturated carbocycles. The Balaban J connectivity index is 2.37. The van der Waals surface area contributed by atoms with Gasteiger partial charge in [0.05, 0.1) is 11.3 Å². The number of benzene rings is 1. The van der Waals surface area contributed by atoms with Gasteiger partial charge in [0.1, 0.15) is 0 Å². The molecule has 0 amide bonds. The van der Waals surface area contributed by atoms with Crippen molar-refractivity contribution in [1.29, 1.82) is 5.26 Å². The van der Waals surface area contributed by atoms with Crippen molar-refractivity contribution in [2.45, 2.75) is 30.8 Å². The highest BCUT2D eigenvalue weighted by atomic mass is 32.2. The maximum atomic E-state index is 8.86. The van der Waals surface area contributed by atoms with E-state index in [0.29, 0.717) is 0 Å². The molecule has 1 aromatic heterocycles. The Hall–Kier alpha value is -1.80. The SMILES string of the molecule is CCn1c(S[C@@H](C)C#N)nnc1-c1ccccc1. The lowest BCUT2D eigenvalue weighted by molar-refractivity contribution is 0.687.